The van der Waals surface area contributed by atoms with E-state index >= 15 is 0 Å². The van der Waals surface area contributed by atoms with Crippen molar-refractivity contribution in [3.63, 3.8) is 0 Å². The van der Waals surface area contributed by atoms with Gasteiger partial charge in [0.1, 0.15) is 0 Å². The molecule has 0 unspecified atom stereocenters. The second kappa shape index (κ2) is 3.69. The van der Waals surface area contributed by atoms with Crippen molar-refractivity contribution in [1.82, 2.24) is 9.78 Å². The van der Waals surface area contributed by atoms with Crippen LogP contribution in [-0.2, 0) is 0 Å². The second-order valence-corrected chi connectivity index (χ2v) is 3.55. The summed E-state index contributed by atoms with van der Waals surface area (Å²) in [6, 6.07) is 8.03. The Morgan fingerprint density at radius 3 is 2.40 bits per heavy atom. The Morgan fingerprint density at radius 2 is 1.87 bits per heavy atom. The smallest absolute Gasteiger partial charge is 0.153 e. The molecule has 0 spiro atoms. The first-order valence-corrected chi connectivity index (χ1v) is 4.79. The molecule has 0 saturated carbocycles. The van der Waals surface area contributed by atoms with Crippen molar-refractivity contribution in [3.05, 3.63) is 47.3 Å². The number of aldehydes is 1. The molecule has 0 amide bonds. The third-order valence-electron chi connectivity index (χ3n) is 2.45. The van der Waals surface area contributed by atoms with Crippen LogP contribution in [0.2, 0.25) is 0 Å². The van der Waals surface area contributed by atoms with Crippen LogP contribution in [0.15, 0.2) is 30.5 Å². The maximum Gasteiger partial charge on any atom is 0.153 e. The van der Waals surface area contributed by atoms with Gasteiger partial charge in [0.25, 0.3) is 0 Å². The molecule has 2 aromatic rings. The van der Waals surface area contributed by atoms with E-state index in [0.717, 1.165) is 17.7 Å². The van der Waals surface area contributed by atoms with Crippen LogP contribution < -0.4 is 0 Å². The fourth-order valence-electron chi connectivity index (χ4n) is 1.48. The maximum atomic E-state index is 10.7. The zero-order valence-corrected chi connectivity index (χ0v) is 8.77. The van der Waals surface area contributed by atoms with Gasteiger partial charge in [0.2, 0.25) is 0 Å². The third-order valence-corrected chi connectivity index (χ3v) is 2.45. The molecule has 1 aromatic heterocycles. The number of nitrogens with zero attached hydrogens (tertiary/aromatic N) is 2. The Morgan fingerprint density at radius 1 is 1.20 bits per heavy atom. The summed E-state index contributed by atoms with van der Waals surface area (Å²) >= 11 is 0. The molecule has 0 atom stereocenters. The van der Waals surface area contributed by atoms with E-state index in [0.29, 0.717) is 5.56 Å². The predicted octanol–water partition coefficient (Wildman–Crippen LogP) is 2.30. The van der Waals surface area contributed by atoms with Crippen molar-refractivity contribution in [2.75, 3.05) is 0 Å². The van der Waals surface area contributed by atoms with Gasteiger partial charge in [0, 0.05) is 0 Å². The number of hydrogen-bond donors (Lipinski definition) is 0. The molecule has 0 saturated heterocycles. The van der Waals surface area contributed by atoms with E-state index in [1.165, 1.54) is 5.56 Å². The molecule has 0 aliphatic carbocycles. The fourth-order valence-corrected chi connectivity index (χ4v) is 1.48. The Kier molecular flexibility index (Phi) is 2.37. The van der Waals surface area contributed by atoms with Crippen LogP contribution in [0.4, 0.5) is 0 Å². The molecule has 0 radical (unpaired) electrons. The second-order valence-electron chi connectivity index (χ2n) is 3.55. The van der Waals surface area contributed by atoms with Gasteiger partial charge in [-0.3, -0.25) is 4.79 Å². The summed E-state index contributed by atoms with van der Waals surface area (Å²) in [5.41, 5.74) is 3.69. The monoisotopic (exact) mass is 200 g/mol. The number of hydrogen-bond acceptors (Lipinski definition) is 2. The molecule has 0 N–H and O–H groups in total. The summed E-state index contributed by atoms with van der Waals surface area (Å²) in [5, 5.41) is 4.17. The highest BCUT2D eigenvalue weighted by Crippen LogP contribution is 2.13. The first-order chi connectivity index (χ1) is 7.22. The third kappa shape index (κ3) is 1.68. The van der Waals surface area contributed by atoms with Crippen LogP contribution >= 0.6 is 0 Å². The highest BCUT2D eigenvalue weighted by atomic mass is 16.1. The van der Waals surface area contributed by atoms with E-state index in [-0.39, 0.29) is 0 Å². The minimum absolute atomic E-state index is 0.635. The summed E-state index contributed by atoms with van der Waals surface area (Å²) in [4.78, 5) is 10.7. The summed E-state index contributed by atoms with van der Waals surface area (Å²) < 4.78 is 1.77. The topological polar surface area (TPSA) is 34.9 Å². The number of aromatic nitrogens is 2. The zero-order chi connectivity index (χ0) is 10.8. The highest BCUT2D eigenvalue weighted by Gasteiger charge is 2.06. The first kappa shape index (κ1) is 9.65. The first-order valence-electron chi connectivity index (χ1n) is 4.79. The molecule has 0 bridgehead atoms. The molecule has 2 rings (SSSR count). The molecule has 3 nitrogen and oxygen atoms in total. The SMILES string of the molecule is Cc1ccc(-n2ncc(C=O)c2C)cc1. The van der Waals surface area contributed by atoms with Gasteiger partial charge in [-0.15, -0.1) is 0 Å². The van der Waals surface area contributed by atoms with Crippen LogP contribution in [-0.4, -0.2) is 16.1 Å². The van der Waals surface area contributed by atoms with Crippen LogP contribution in [0.3, 0.4) is 0 Å². The molecule has 3 heteroatoms. The highest BCUT2D eigenvalue weighted by molar-refractivity contribution is 5.76. The molecule has 76 valence electrons. The lowest BCUT2D eigenvalue weighted by molar-refractivity contribution is 0.112. The Hall–Kier alpha value is -1.90. The minimum atomic E-state index is 0.635. The van der Waals surface area contributed by atoms with Gasteiger partial charge in [-0.05, 0) is 26.0 Å². The molecule has 0 aliphatic heterocycles. The fraction of sp³-hybridized carbons (Fsp3) is 0.167. The quantitative estimate of drug-likeness (QED) is 0.697. The summed E-state index contributed by atoms with van der Waals surface area (Å²) in [7, 11) is 0. The molecule has 0 aliphatic rings. The Bertz CT molecular complexity index is 483. The molecule has 0 fully saturated rings. The lowest BCUT2D eigenvalue weighted by Gasteiger charge is -2.04. The predicted molar refractivity (Wildman–Crippen MR) is 58.4 cm³/mol. The lowest BCUT2D eigenvalue weighted by Crippen LogP contribution is -1.99. The van der Waals surface area contributed by atoms with Gasteiger partial charge in [-0.1, -0.05) is 17.7 Å². The Labute approximate surface area is 88.4 Å². The number of carbonyl (C=O) groups is 1. The molecule has 15 heavy (non-hydrogen) atoms. The van der Waals surface area contributed by atoms with Crippen LogP contribution in [0.25, 0.3) is 5.69 Å². The van der Waals surface area contributed by atoms with Gasteiger partial charge in [-0.2, -0.15) is 5.10 Å². The largest absolute Gasteiger partial charge is 0.298 e. The minimum Gasteiger partial charge on any atom is -0.298 e. The van der Waals surface area contributed by atoms with Gasteiger partial charge in [0.05, 0.1) is 23.1 Å². The van der Waals surface area contributed by atoms with Gasteiger partial charge in [0.15, 0.2) is 6.29 Å². The standard InChI is InChI=1S/C12H12N2O/c1-9-3-5-12(6-4-9)14-10(2)11(8-15)7-13-14/h3-8H,1-2H3. The van der Waals surface area contributed by atoms with E-state index in [9.17, 15) is 4.79 Å². The number of rotatable bonds is 2. The molecule has 1 heterocycles. The van der Waals surface area contributed by atoms with Crippen LogP contribution in [0, 0.1) is 13.8 Å². The van der Waals surface area contributed by atoms with Crippen LogP contribution in [0.1, 0.15) is 21.6 Å². The van der Waals surface area contributed by atoms with Crippen molar-refractivity contribution in [3.8, 4) is 5.69 Å². The average molecular weight is 200 g/mol. The van der Waals surface area contributed by atoms with Crippen molar-refractivity contribution < 1.29 is 4.79 Å². The van der Waals surface area contributed by atoms with E-state index in [4.69, 9.17) is 0 Å². The lowest BCUT2D eigenvalue weighted by atomic mass is 10.2. The zero-order valence-electron chi connectivity index (χ0n) is 8.77. The van der Waals surface area contributed by atoms with E-state index in [1.54, 1.807) is 10.9 Å². The van der Waals surface area contributed by atoms with Gasteiger partial charge in [-0.25, -0.2) is 4.68 Å². The molecular formula is C12H12N2O. The van der Waals surface area contributed by atoms with Crippen molar-refractivity contribution >= 4 is 6.29 Å². The summed E-state index contributed by atoms with van der Waals surface area (Å²) in [5.74, 6) is 0. The van der Waals surface area contributed by atoms with Crippen molar-refractivity contribution in [2.24, 2.45) is 0 Å². The summed E-state index contributed by atoms with van der Waals surface area (Å²) in [6.07, 6.45) is 2.41. The van der Waals surface area contributed by atoms with E-state index < -0.39 is 0 Å². The van der Waals surface area contributed by atoms with Gasteiger partial charge >= 0.3 is 0 Å². The molecule has 1 aromatic carbocycles. The van der Waals surface area contributed by atoms with E-state index in [1.807, 2.05) is 38.1 Å². The van der Waals surface area contributed by atoms with Crippen molar-refractivity contribution in [1.29, 1.82) is 0 Å². The summed E-state index contributed by atoms with van der Waals surface area (Å²) in [6.45, 7) is 3.92. The number of aryl methyl sites for hydroxylation is 1. The number of benzene rings is 1. The normalized spacial score (nSPS) is 10.3. The van der Waals surface area contributed by atoms with Crippen LogP contribution in [0.5, 0.6) is 0 Å². The maximum absolute atomic E-state index is 10.7. The van der Waals surface area contributed by atoms with Gasteiger partial charge < -0.3 is 0 Å². The Balaban J connectivity index is 2.49. The van der Waals surface area contributed by atoms with E-state index in [2.05, 4.69) is 5.10 Å². The molecular weight excluding hydrogens is 188 g/mol. The van der Waals surface area contributed by atoms with Crippen molar-refractivity contribution in [2.45, 2.75) is 13.8 Å². The number of carbonyl (C=O) groups excluding carboxylic acids is 1. The average Bonchev–Trinajstić information content (AvgIpc) is 2.61.